The highest BCUT2D eigenvalue weighted by Crippen LogP contribution is 2.24. The molecule has 1 unspecified atom stereocenters. The lowest BCUT2D eigenvalue weighted by molar-refractivity contribution is -0.134. The third kappa shape index (κ3) is 9.02. The van der Waals surface area contributed by atoms with Crippen molar-refractivity contribution < 1.29 is 18.4 Å². The van der Waals surface area contributed by atoms with Gasteiger partial charge in [0.25, 0.3) is 5.97 Å². The van der Waals surface area contributed by atoms with Crippen LogP contribution in [0.15, 0.2) is 23.8 Å². The quantitative estimate of drug-likeness (QED) is 0.484. The molecule has 1 aliphatic carbocycles. The third-order valence-electron chi connectivity index (χ3n) is 3.09. The fourth-order valence-corrected chi connectivity index (χ4v) is 4.19. The summed E-state index contributed by atoms with van der Waals surface area (Å²) >= 11 is 0. The van der Waals surface area contributed by atoms with E-state index in [1.165, 1.54) is 0 Å². The zero-order valence-electron chi connectivity index (χ0n) is 15.3. The van der Waals surface area contributed by atoms with Crippen molar-refractivity contribution in [3.05, 3.63) is 23.8 Å². The van der Waals surface area contributed by atoms with Gasteiger partial charge in [0.2, 0.25) is 8.32 Å². The normalized spacial score (nSPS) is 19.3. The van der Waals surface area contributed by atoms with E-state index in [1.807, 2.05) is 37.9 Å². The van der Waals surface area contributed by atoms with E-state index in [0.717, 1.165) is 12.0 Å². The van der Waals surface area contributed by atoms with Gasteiger partial charge in [-0.1, -0.05) is 12.2 Å². The van der Waals surface area contributed by atoms with Crippen LogP contribution in [-0.2, 0) is 18.4 Å². The molecule has 0 amide bonds. The molecule has 1 aliphatic rings. The molecular weight excluding hydrogens is 324 g/mol. The van der Waals surface area contributed by atoms with Crippen LogP contribution in [0.5, 0.6) is 0 Å². The molecule has 0 fully saturated rings. The van der Waals surface area contributed by atoms with E-state index in [0.29, 0.717) is 19.3 Å². The molecule has 0 aliphatic heterocycles. The third-order valence-corrected chi connectivity index (χ3v) is 4.94. The van der Waals surface area contributed by atoms with Gasteiger partial charge in [-0.05, 0) is 63.8 Å². The molecule has 6 heteroatoms. The molecule has 23 heavy (non-hydrogen) atoms. The maximum Gasteiger partial charge on any atom is 0.296 e. The molecule has 0 spiro atoms. The largest absolute Gasteiger partial charge is 0.520 e. The van der Waals surface area contributed by atoms with E-state index in [1.54, 1.807) is 0 Å². The van der Waals surface area contributed by atoms with E-state index in [-0.39, 0.29) is 17.9 Å². The van der Waals surface area contributed by atoms with Crippen molar-refractivity contribution in [2.24, 2.45) is 0 Å². The van der Waals surface area contributed by atoms with E-state index in [2.05, 4.69) is 19.6 Å². The Morgan fingerprint density at radius 2 is 1.83 bits per heavy atom. The SMILES string of the molecule is C[Si](C)(C)OC(=O)CC=CCCC1=CC(O[Si](C)(C)C)CC1=O. The van der Waals surface area contributed by atoms with Gasteiger partial charge in [0.15, 0.2) is 14.1 Å². The zero-order valence-corrected chi connectivity index (χ0v) is 17.3. The van der Waals surface area contributed by atoms with Crippen molar-refractivity contribution in [2.75, 3.05) is 0 Å². The number of ketones is 1. The highest BCUT2D eigenvalue weighted by atomic mass is 28.4. The lowest BCUT2D eigenvalue weighted by Gasteiger charge is -2.21. The van der Waals surface area contributed by atoms with Crippen molar-refractivity contribution in [3.63, 3.8) is 0 Å². The molecule has 4 nitrogen and oxygen atoms in total. The Morgan fingerprint density at radius 1 is 1.17 bits per heavy atom. The van der Waals surface area contributed by atoms with Gasteiger partial charge in [-0.2, -0.15) is 0 Å². The number of hydrogen-bond donors (Lipinski definition) is 0. The van der Waals surface area contributed by atoms with Gasteiger partial charge in [-0.15, -0.1) is 0 Å². The standard InChI is InChI=1S/C17H30O4Si2/c1-22(2,3)20-15-12-14(16(18)13-15)10-8-7-9-11-17(19)21-23(4,5)6/h7,9,12,15H,8,10-11,13H2,1-6H3. The molecule has 0 N–H and O–H groups in total. The minimum atomic E-state index is -1.79. The second-order valence-corrected chi connectivity index (χ2v) is 16.8. The van der Waals surface area contributed by atoms with Crippen LogP contribution in [-0.4, -0.2) is 34.5 Å². The van der Waals surface area contributed by atoms with Gasteiger partial charge in [-0.3, -0.25) is 9.59 Å². The average Bonchev–Trinajstić information content (AvgIpc) is 2.64. The van der Waals surface area contributed by atoms with Gasteiger partial charge in [0, 0.05) is 6.42 Å². The van der Waals surface area contributed by atoms with Crippen molar-refractivity contribution in [3.8, 4) is 0 Å². The van der Waals surface area contributed by atoms with Crippen LogP contribution in [0.1, 0.15) is 25.7 Å². The number of Topliss-reactive ketones (excluding diaryl/α,β-unsaturated/α-hetero) is 1. The minimum absolute atomic E-state index is 0.0418. The van der Waals surface area contributed by atoms with Gasteiger partial charge in [-0.25, -0.2) is 0 Å². The Balaban J connectivity index is 2.35. The summed E-state index contributed by atoms with van der Waals surface area (Å²) in [5, 5.41) is 0. The van der Waals surface area contributed by atoms with Crippen LogP contribution in [0.25, 0.3) is 0 Å². The number of hydrogen-bond acceptors (Lipinski definition) is 4. The van der Waals surface area contributed by atoms with Crippen LogP contribution in [0.3, 0.4) is 0 Å². The average molecular weight is 355 g/mol. The smallest absolute Gasteiger partial charge is 0.296 e. The fraction of sp³-hybridized carbons (Fsp3) is 0.647. The topological polar surface area (TPSA) is 52.6 Å². The predicted octanol–water partition coefficient (Wildman–Crippen LogP) is 4.21. The molecule has 0 heterocycles. The highest BCUT2D eigenvalue weighted by Gasteiger charge is 2.28. The minimum Gasteiger partial charge on any atom is -0.520 e. The first-order valence-electron chi connectivity index (χ1n) is 8.25. The summed E-state index contributed by atoms with van der Waals surface area (Å²) in [4.78, 5) is 23.6. The van der Waals surface area contributed by atoms with E-state index >= 15 is 0 Å². The Hall–Kier alpha value is -0.986. The summed E-state index contributed by atoms with van der Waals surface area (Å²) in [6.07, 6.45) is 7.98. The molecule has 0 aromatic rings. The molecule has 0 saturated heterocycles. The lowest BCUT2D eigenvalue weighted by Crippen LogP contribution is -2.30. The highest BCUT2D eigenvalue weighted by molar-refractivity contribution is 6.71. The number of rotatable bonds is 8. The van der Waals surface area contributed by atoms with Crippen LogP contribution >= 0.6 is 0 Å². The van der Waals surface area contributed by atoms with Crippen molar-refractivity contribution in [1.82, 2.24) is 0 Å². The monoisotopic (exact) mass is 354 g/mol. The Labute approximate surface area is 142 Å². The fourth-order valence-electron chi connectivity index (χ4n) is 2.36. The molecule has 0 radical (unpaired) electrons. The number of allylic oxidation sites excluding steroid dienone is 2. The maximum atomic E-state index is 12.0. The Bertz CT molecular complexity index is 496. The lowest BCUT2D eigenvalue weighted by atomic mass is 10.1. The first kappa shape index (κ1) is 20.1. The first-order valence-corrected chi connectivity index (χ1v) is 15.1. The molecular formula is C17H30O4Si2. The van der Waals surface area contributed by atoms with E-state index < -0.39 is 16.6 Å². The molecule has 0 aromatic heterocycles. The van der Waals surface area contributed by atoms with Crippen molar-refractivity contribution in [1.29, 1.82) is 0 Å². The van der Waals surface area contributed by atoms with Crippen LogP contribution < -0.4 is 0 Å². The van der Waals surface area contributed by atoms with Crippen LogP contribution in [0.2, 0.25) is 39.3 Å². The van der Waals surface area contributed by atoms with Crippen molar-refractivity contribution in [2.45, 2.75) is 71.1 Å². The Morgan fingerprint density at radius 3 is 2.39 bits per heavy atom. The van der Waals surface area contributed by atoms with Gasteiger partial charge in [0.1, 0.15) is 0 Å². The summed E-state index contributed by atoms with van der Waals surface area (Å²) in [7, 11) is -3.41. The molecule has 1 rings (SSSR count). The molecule has 0 aromatic carbocycles. The first-order chi connectivity index (χ1) is 10.5. The second-order valence-electron chi connectivity index (χ2n) is 7.89. The van der Waals surface area contributed by atoms with Gasteiger partial charge in [0.05, 0.1) is 12.5 Å². The van der Waals surface area contributed by atoms with E-state index in [4.69, 9.17) is 8.85 Å². The van der Waals surface area contributed by atoms with Crippen LogP contribution in [0, 0.1) is 0 Å². The molecule has 130 valence electrons. The summed E-state index contributed by atoms with van der Waals surface area (Å²) in [6.45, 7) is 12.4. The van der Waals surface area contributed by atoms with Crippen LogP contribution in [0.4, 0.5) is 0 Å². The zero-order chi connectivity index (χ0) is 17.7. The summed E-state index contributed by atoms with van der Waals surface area (Å²) in [6, 6.07) is 0. The van der Waals surface area contributed by atoms with E-state index in [9.17, 15) is 9.59 Å². The summed E-state index contributed by atoms with van der Waals surface area (Å²) in [5.74, 6) is 0.0277. The molecule has 1 atom stereocenters. The summed E-state index contributed by atoms with van der Waals surface area (Å²) in [5.41, 5.74) is 0.863. The van der Waals surface area contributed by atoms with Crippen molar-refractivity contribution >= 4 is 28.4 Å². The molecule has 0 bridgehead atoms. The second kappa shape index (κ2) is 8.21. The predicted molar refractivity (Wildman–Crippen MR) is 98.4 cm³/mol. The number of carbonyl (C=O) groups is 2. The van der Waals surface area contributed by atoms with Gasteiger partial charge < -0.3 is 8.85 Å². The van der Waals surface area contributed by atoms with Gasteiger partial charge >= 0.3 is 0 Å². The summed E-state index contributed by atoms with van der Waals surface area (Å²) < 4.78 is 11.3. The molecule has 0 saturated carbocycles. The number of carbonyl (C=O) groups excluding carboxylic acids is 2. The Kier molecular flexibility index (Phi) is 7.16. The maximum absolute atomic E-state index is 12.0.